The summed E-state index contributed by atoms with van der Waals surface area (Å²) >= 11 is 4.89. The van der Waals surface area contributed by atoms with Crippen LogP contribution >= 0.6 is 12.2 Å². The van der Waals surface area contributed by atoms with Gasteiger partial charge in [0, 0.05) is 29.8 Å². The third-order valence-corrected chi connectivity index (χ3v) is 2.95. The highest BCUT2D eigenvalue weighted by Gasteiger charge is 2.22. The van der Waals surface area contributed by atoms with Crippen LogP contribution in [-0.2, 0) is 0 Å². The number of carbonyl (C=O) groups excluding carboxylic acids is 1. The van der Waals surface area contributed by atoms with Crippen LogP contribution < -0.4 is 16.6 Å². The van der Waals surface area contributed by atoms with Crippen LogP contribution in [-0.4, -0.2) is 22.4 Å². The molecule has 0 unspecified atom stereocenters. The Balaban J connectivity index is 2.69. The summed E-state index contributed by atoms with van der Waals surface area (Å²) in [5.41, 5.74) is 5.09. The van der Waals surface area contributed by atoms with E-state index in [9.17, 15) is 9.59 Å². The molecule has 0 bridgehead atoms. The van der Waals surface area contributed by atoms with E-state index in [1.54, 1.807) is 0 Å². The van der Waals surface area contributed by atoms with Gasteiger partial charge in [0.25, 0.3) is 5.91 Å². The quantitative estimate of drug-likeness (QED) is 0.678. The van der Waals surface area contributed by atoms with Crippen LogP contribution in [0, 0.1) is 5.41 Å². The van der Waals surface area contributed by atoms with Crippen LogP contribution in [0.1, 0.15) is 24.2 Å². The molecular weight excluding hydrogens is 238 g/mol. The number of rotatable bonds is 4. The Kier molecular flexibility index (Phi) is 4.01. The number of H-pyrrole nitrogens is 1. The van der Waals surface area contributed by atoms with Gasteiger partial charge in [0.1, 0.15) is 0 Å². The minimum absolute atomic E-state index is 0.312. The molecule has 1 amide bonds. The van der Waals surface area contributed by atoms with Crippen LogP contribution in [0.4, 0.5) is 0 Å². The fraction of sp³-hybridized carbons (Fsp3) is 0.364. The van der Waals surface area contributed by atoms with Gasteiger partial charge in [-0.25, -0.2) is 0 Å². The fourth-order valence-electron chi connectivity index (χ4n) is 1.08. The van der Waals surface area contributed by atoms with E-state index in [1.165, 1.54) is 18.3 Å². The van der Waals surface area contributed by atoms with Gasteiger partial charge in [0.15, 0.2) is 0 Å². The van der Waals surface area contributed by atoms with Crippen molar-refractivity contribution in [2.75, 3.05) is 6.54 Å². The normalized spacial score (nSPS) is 10.9. The maximum Gasteiger partial charge on any atom is 0.251 e. The number of nitrogens with two attached hydrogens (primary N) is 1. The smallest absolute Gasteiger partial charge is 0.251 e. The van der Waals surface area contributed by atoms with Gasteiger partial charge in [-0.05, 0) is 6.07 Å². The maximum atomic E-state index is 11.7. The van der Waals surface area contributed by atoms with Gasteiger partial charge in [-0.2, -0.15) is 0 Å². The summed E-state index contributed by atoms with van der Waals surface area (Å²) in [5.74, 6) is -0.319. The fourth-order valence-corrected chi connectivity index (χ4v) is 1.15. The van der Waals surface area contributed by atoms with Crippen molar-refractivity contribution in [3.05, 3.63) is 34.2 Å². The van der Waals surface area contributed by atoms with E-state index in [0.29, 0.717) is 17.1 Å². The third kappa shape index (κ3) is 3.67. The lowest BCUT2D eigenvalue weighted by atomic mass is 9.93. The molecule has 17 heavy (non-hydrogen) atoms. The molecule has 0 saturated carbocycles. The largest absolute Gasteiger partial charge is 0.393 e. The summed E-state index contributed by atoms with van der Waals surface area (Å²) in [4.78, 5) is 25.5. The van der Waals surface area contributed by atoms with Gasteiger partial charge < -0.3 is 16.0 Å². The molecule has 0 aromatic carbocycles. The van der Waals surface area contributed by atoms with E-state index < -0.39 is 5.41 Å². The van der Waals surface area contributed by atoms with Crippen LogP contribution in [0.25, 0.3) is 0 Å². The van der Waals surface area contributed by atoms with Gasteiger partial charge in [-0.1, -0.05) is 26.1 Å². The van der Waals surface area contributed by atoms with E-state index in [-0.39, 0.29) is 11.5 Å². The molecule has 1 rings (SSSR count). The number of carbonyl (C=O) groups is 1. The average Bonchev–Trinajstić information content (AvgIpc) is 2.25. The Morgan fingerprint density at radius 2 is 2.24 bits per heavy atom. The highest BCUT2D eigenvalue weighted by atomic mass is 32.1. The first-order valence-electron chi connectivity index (χ1n) is 5.10. The van der Waals surface area contributed by atoms with Crippen molar-refractivity contribution in [3.8, 4) is 0 Å². The second kappa shape index (κ2) is 5.09. The lowest BCUT2D eigenvalue weighted by Crippen LogP contribution is -2.41. The molecule has 5 nitrogen and oxygen atoms in total. The molecule has 6 heteroatoms. The molecule has 92 valence electrons. The molecule has 0 fully saturated rings. The van der Waals surface area contributed by atoms with Gasteiger partial charge in [-0.15, -0.1) is 0 Å². The summed E-state index contributed by atoms with van der Waals surface area (Å²) in [6, 6.07) is 2.77. The number of thiocarbonyl (C=S) groups is 1. The zero-order valence-corrected chi connectivity index (χ0v) is 10.6. The zero-order chi connectivity index (χ0) is 13.1. The molecule has 0 spiro atoms. The molecule has 1 aromatic heterocycles. The Labute approximate surface area is 104 Å². The van der Waals surface area contributed by atoms with Crippen molar-refractivity contribution in [2.45, 2.75) is 13.8 Å². The lowest BCUT2D eigenvalue weighted by Gasteiger charge is -2.23. The van der Waals surface area contributed by atoms with Crippen molar-refractivity contribution in [2.24, 2.45) is 11.1 Å². The number of pyridine rings is 1. The summed E-state index contributed by atoms with van der Waals surface area (Å²) in [7, 11) is 0. The summed E-state index contributed by atoms with van der Waals surface area (Å²) in [6.07, 6.45) is 1.43. The van der Waals surface area contributed by atoms with Crippen LogP contribution in [0.2, 0.25) is 0 Å². The van der Waals surface area contributed by atoms with E-state index in [4.69, 9.17) is 18.0 Å². The Morgan fingerprint density at radius 3 is 2.76 bits per heavy atom. The van der Waals surface area contributed by atoms with E-state index >= 15 is 0 Å². The predicted molar refractivity (Wildman–Crippen MR) is 70.0 cm³/mol. The maximum absolute atomic E-state index is 11.7. The summed E-state index contributed by atoms with van der Waals surface area (Å²) < 4.78 is 0. The highest BCUT2D eigenvalue weighted by Crippen LogP contribution is 2.13. The number of aromatic nitrogens is 1. The lowest BCUT2D eigenvalue weighted by molar-refractivity contribution is 0.0945. The SMILES string of the molecule is CC(C)(CNC(=O)c1cc[nH]c(=O)c1)C(N)=S. The first kappa shape index (κ1) is 13.4. The second-order valence-corrected chi connectivity index (χ2v) is 4.81. The van der Waals surface area contributed by atoms with Crippen molar-refractivity contribution in [3.63, 3.8) is 0 Å². The first-order valence-corrected chi connectivity index (χ1v) is 5.50. The van der Waals surface area contributed by atoms with Crippen LogP contribution in [0.3, 0.4) is 0 Å². The van der Waals surface area contributed by atoms with Crippen LogP contribution in [0.5, 0.6) is 0 Å². The zero-order valence-electron chi connectivity index (χ0n) is 9.74. The summed E-state index contributed by atoms with van der Waals surface area (Å²) in [5, 5.41) is 2.69. The van der Waals surface area contributed by atoms with Gasteiger partial charge in [0.05, 0.1) is 4.99 Å². The molecule has 0 atom stereocenters. The molecule has 0 aliphatic rings. The minimum Gasteiger partial charge on any atom is -0.393 e. The second-order valence-electron chi connectivity index (χ2n) is 4.37. The van der Waals surface area contributed by atoms with Gasteiger partial charge in [-0.3, -0.25) is 9.59 Å². The third-order valence-electron chi connectivity index (χ3n) is 2.40. The average molecular weight is 253 g/mol. The van der Waals surface area contributed by atoms with Gasteiger partial charge in [0.2, 0.25) is 5.56 Å². The molecule has 1 heterocycles. The first-order chi connectivity index (χ1) is 7.83. The summed E-state index contributed by atoms with van der Waals surface area (Å²) in [6.45, 7) is 4.01. The number of nitrogens with one attached hydrogen (secondary N) is 2. The molecule has 1 aromatic rings. The van der Waals surface area contributed by atoms with Crippen molar-refractivity contribution in [1.29, 1.82) is 0 Å². The van der Waals surface area contributed by atoms with E-state index in [2.05, 4.69) is 10.3 Å². The van der Waals surface area contributed by atoms with Gasteiger partial charge >= 0.3 is 0 Å². The molecular formula is C11H15N3O2S. The van der Waals surface area contributed by atoms with E-state index in [1.807, 2.05) is 13.8 Å². The molecule has 0 radical (unpaired) electrons. The topological polar surface area (TPSA) is 88.0 Å². The Morgan fingerprint density at radius 1 is 1.59 bits per heavy atom. The van der Waals surface area contributed by atoms with E-state index in [0.717, 1.165) is 0 Å². The van der Waals surface area contributed by atoms with Crippen molar-refractivity contribution >= 4 is 23.1 Å². The molecule has 0 saturated heterocycles. The van der Waals surface area contributed by atoms with Crippen molar-refractivity contribution < 1.29 is 4.79 Å². The van der Waals surface area contributed by atoms with Crippen molar-refractivity contribution in [1.82, 2.24) is 10.3 Å². The Hall–Kier alpha value is -1.69. The predicted octanol–water partition coefficient (Wildman–Crippen LogP) is 0.417. The van der Waals surface area contributed by atoms with Crippen LogP contribution in [0.15, 0.2) is 23.1 Å². The number of hydrogen-bond donors (Lipinski definition) is 3. The highest BCUT2D eigenvalue weighted by molar-refractivity contribution is 7.80. The number of amides is 1. The molecule has 0 aliphatic heterocycles. The Bertz CT molecular complexity index is 493. The minimum atomic E-state index is -0.452. The standard InChI is InChI=1S/C11H15N3O2S/c1-11(2,10(12)17)6-14-9(16)7-3-4-13-8(15)5-7/h3-5H,6H2,1-2H3,(H2,12,17)(H,13,15)(H,14,16). The monoisotopic (exact) mass is 253 g/mol. The number of hydrogen-bond acceptors (Lipinski definition) is 3. The molecule has 0 aliphatic carbocycles. The molecule has 4 N–H and O–H groups in total. The number of aromatic amines is 1.